The molecule has 0 saturated heterocycles. The molecular formula is C24H21N3O. The van der Waals surface area contributed by atoms with Crippen LogP contribution in [0.1, 0.15) is 5.56 Å². The van der Waals surface area contributed by atoms with Gasteiger partial charge in [0.05, 0.1) is 24.0 Å². The van der Waals surface area contributed by atoms with E-state index in [2.05, 4.69) is 34.8 Å². The summed E-state index contributed by atoms with van der Waals surface area (Å²) in [6, 6.07) is 28.3. The van der Waals surface area contributed by atoms with Crippen LogP contribution in [0.25, 0.3) is 22.2 Å². The molecule has 1 heterocycles. The van der Waals surface area contributed by atoms with E-state index in [0.29, 0.717) is 0 Å². The summed E-state index contributed by atoms with van der Waals surface area (Å²) in [6.45, 7) is 0. The van der Waals surface area contributed by atoms with Gasteiger partial charge in [-0.25, -0.2) is 4.98 Å². The SMILES string of the molecule is COc1ccc2nc(-c3ccccc3)cc(N/N=C/Cc3ccccc3)c2c1. The molecule has 138 valence electrons. The summed E-state index contributed by atoms with van der Waals surface area (Å²) in [5, 5.41) is 5.40. The van der Waals surface area contributed by atoms with Crippen LogP contribution in [0.3, 0.4) is 0 Å². The van der Waals surface area contributed by atoms with Crippen molar-refractivity contribution in [3.05, 3.63) is 90.5 Å². The third kappa shape index (κ3) is 4.01. The first-order valence-corrected chi connectivity index (χ1v) is 9.19. The second-order valence-electron chi connectivity index (χ2n) is 6.42. The normalized spacial score (nSPS) is 11.0. The van der Waals surface area contributed by atoms with Gasteiger partial charge in [-0.05, 0) is 29.8 Å². The molecule has 0 aliphatic carbocycles. The number of benzene rings is 3. The van der Waals surface area contributed by atoms with Crippen molar-refractivity contribution in [2.75, 3.05) is 12.5 Å². The molecule has 28 heavy (non-hydrogen) atoms. The van der Waals surface area contributed by atoms with Gasteiger partial charge >= 0.3 is 0 Å². The Bertz CT molecular complexity index is 1090. The molecule has 4 nitrogen and oxygen atoms in total. The molecule has 0 aliphatic rings. The molecule has 1 aromatic heterocycles. The van der Waals surface area contributed by atoms with Crippen LogP contribution in [0.15, 0.2) is 90.0 Å². The quantitative estimate of drug-likeness (QED) is 0.359. The second-order valence-corrected chi connectivity index (χ2v) is 6.42. The van der Waals surface area contributed by atoms with Gasteiger partial charge in [0.2, 0.25) is 0 Å². The molecule has 3 aromatic carbocycles. The molecule has 4 heteroatoms. The summed E-state index contributed by atoms with van der Waals surface area (Å²) < 4.78 is 5.38. The minimum Gasteiger partial charge on any atom is -0.497 e. The van der Waals surface area contributed by atoms with E-state index in [1.807, 2.05) is 66.9 Å². The number of nitrogens with one attached hydrogen (secondary N) is 1. The molecule has 0 radical (unpaired) electrons. The van der Waals surface area contributed by atoms with Crippen LogP contribution in [-0.2, 0) is 6.42 Å². The maximum Gasteiger partial charge on any atom is 0.119 e. The van der Waals surface area contributed by atoms with Crippen molar-refractivity contribution in [3.8, 4) is 17.0 Å². The van der Waals surface area contributed by atoms with Crippen LogP contribution in [0.2, 0.25) is 0 Å². The van der Waals surface area contributed by atoms with E-state index >= 15 is 0 Å². The van der Waals surface area contributed by atoms with Crippen LogP contribution < -0.4 is 10.2 Å². The van der Waals surface area contributed by atoms with E-state index in [9.17, 15) is 0 Å². The van der Waals surface area contributed by atoms with Crippen molar-refractivity contribution < 1.29 is 4.74 Å². The van der Waals surface area contributed by atoms with Crippen LogP contribution in [0, 0.1) is 0 Å². The number of fused-ring (bicyclic) bond motifs is 1. The van der Waals surface area contributed by atoms with Crippen molar-refractivity contribution in [2.45, 2.75) is 6.42 Å². The molecule has 0 fully saturated rings. The lowest BCUT2D eigenvalue weighted by atomic mass is 10.1. The fourth-order valence-corrected chi connectivity index (χ4v) is 3.06. The minimum absolute atomic E-state index is 0.770. The van der Waals surface area contributed by atoms with Gasteiger partial charge in [-0.2, -0.15) is 5.10 Å². The number of methoxy groups -OCH3 is 1. The number of anilines is 1. The number of rotatable bonds is 6. The molecule has 0 saturated carbocycles. The van der Waals surface area contributed by atoms with E-state index < -0.39 is 0 Å². The number of hydrazone groups is 1. The van der Waals surface area contributed by atoms with Gasteiger partial charge in [-0.1, -0.05) is 60.7 Å². The summed E-state index contributed by atoms with van der Waals surface area (Å²) in [5.74, 6) is 0.790. The first kappa shape index (κ1) is 17.7. The highest BCUT2D eigenvalue weighted by Gasteiger charge is 2.08. The zero-order valence-electron chi connectivity index (χ0n) is 15.7. The summed E-state index contributed by atoms with van der Waals surface area (Å²) in [5.41, 5.74) is 8.17. The second kappa shape index (κ2) is 8.35. The van der Waals surface area contributed by atoms with Crippen molar-refractivity contribution in [2.24, 2.45) is 5.10 Å². The fourth-order valence-electron chi connectivity index (χ4n) is 3.06. The van der Waals surface area contributed by atoms with E-state index in [4.69, 9.17) is 9.72 Å². The molecule has 0 aliphatic heterocycles. The average molecular weight is 367 g/mol. The molecule has 1 N–H and O–H groups in total. The average Bonchev–Trinajstić information content (AvgIpc) is 2.77. The number of hydrogen-bond acceptors (Lipinski definition) is 4. The zero-order valence-corrected chi connectivity index (χ0v) is 15.7. The van der Waals surface area contributed by atoms with E-state index in [-0.39, 0.29) is 0 Å². The third-order valence-corrected chi connectivity index (χ3v) is 4.53. The number of hydrogen-bond donors (Lipinski definition) is 1. The van der Waals surface area contributed by atoms with Crippen LogP contribution in [0.5, 0.6) is 5.75 Å². The first-order valence-electron chi connectivity index (χ1n) is 9.19. The lowest BCUT2D eigenvalue weighted by molar-refractivity contribution is 0.415. The Morgan fingerprint density at radius 1 is 0.929 bits per heavy atom. The van der Waals surface area contributed by atoms with E-state index in [1.165, 1.54) is 5.56 Å². The summed E-state index contributed by atoms with van der Waals surface area (Å²) >= 11 is 0. The maximum absolute atomic E-state index is 5.38. The zero-order chi connectivity index (χ0) is 19.2. The highest BCUT2D eigenvalue weighted by Crippen LogP contribution is 2.30. The number of pyridine rings is 1. The third-order valence-electron chi connectivity index (χ3n) is 4.53. The Hall–Kier alpha value is -3.66. The lowest BCUT2D eigenvalue weighted by Crippen LogP contribution is -1.96. The summed E-state index contributed by atoms with van der Waals surface area (Å²) in [7, 11) is 1.66. The summed E-state index contributed by atoms with van der Waals surface area (Å²) in [4.78, 5) is 4.81. The van der Waals surface area contributed by atoms with Crippen molar-refractivity contribution in [1.29, 1.82) is 0 Å². The first-order chi connectivity index (χ1) is 13.8. The number of nitrogens with zero attached hydrogens (tertiary/aromatic N) is 2. The highest BCUT2D eigenvalue weighted by molar-refractivity contribution is 5.94. The standard InChI is InChI=1S/C24H21N3O/c1-28-20-12-13-22-21(16-20)24(17-23(26-22)19-10-6-3-7-11-19)27-25-15-14-18-8-4-2-5-9-18/h2-13,15-17H,14H2,1H3,(H,26,27)/b25-15+. The molecule has 4 rings (SSSR count). The van der Waals surface area contributed by atoms with Crippen molar-refractivity contribution in [3.63, 3.8) is 0 Å². The smallest absolute Gasteiger partial charge is 0.119 e. The molecule has 0 atom stereocenters. The molecule has 4 aromatic rings. The Morgan fingerprint density at radius 2 is 1.68 bits per heavy atom. The molecular weight excluding hydrogens is 346 g/mol. The van der Waals surface area contributed by atoms with E-state index in [1.54, 1.807) is 7.11 Å². The van der Waals surface area contributed by atoms with Crippen LogP contribution in [0.4, 0.5) is 5.69 Å². The van der Waals surface area contributed by atoms with Gasteiger partial charge in [0, 0.05) is 23.6 Å². The molecule has 0 unspecified atom stereocenters. The van der Waals surface area contributed by atoms with E-state index in [0.717, 1.165) is 40.0 Å². The van der Waals surface area contributed by atoms with Crippen LogP contribution >= 0.6 is 0 Å². The van der Waals surface area contributed by atoms with Crippen molar-refractivity contribution in [1.82, 2.24) is 4.98 Å². The lowest BCUT2D eigenvalue weighted by Gasteiger charge is -2.11. The van der Waals surface area contributed by atoms with Gasteiger partial charge in [0.25, 0.3) is 0 Å². The van der Waals surface area contributed by atoms with Crippen molar-refractivity contribution >= 4 is 22.8 Å². The van der Waals surface area contributed by atoms with Gasteiger partial charge < -0.3 is 4.74 Å². The van der Waals surface area contributed by atoms with Gasteiger partial charge in [0.15, 0.2) is 0 Å². The Kier molecular flexibility index (Phi) is 5.29. The Labute approximate surface area is 164 Å². The van der Waals surface area contributed by atoms with Crippen LogP contribution in [-0.4, -0.2) is 18.3 Å². The highest BCUT2D eigenvalue weighted by atomic mass is 16.5. The maximum atomic E-state index is 5.38. The van der Waals surface area contributed by atoms with Gasteiger partial charge in [-0.3, -0.25) is 5.43 Å². The fraction of sp³-hybridized carbons (Fsp3) is 0.0833. The predicted octanol–water partition coefficient (Wildman–Crippen LogP) is 5.55. The topological polar surface area (TPSA) is 46.5 Å². The largest absolute Gasteiger partial charge is 0.497 e. The Balaban J connectivity index is 1.67. The molecule has 0 amide bonds. The molecule has 0 spiro atoms. The Morgan fingerprint density at radius 3 is 2.43 bits per heavy atom. The summed E-state index contributed by atoms with van der Waals surface area (Å²) in [6.07, 6.45) is 2.65. The predicted molar refractivity (Wildman–Crippen MR) is 116 cm³/mol. The van der Waals surface area contributed by atoms with Gasteiger partial charge in [-0.15, -0.1) is 0 Å². The van der Waals surface area contributed by atoms with Gasteiger partial charge in [0.1, 0.15) is 5.75 Å². The minimum atomic E-state index is 0.770. The number of aromatic nitrogens is 1. The molecule has 0 bridgehead atoms. The monoisotopic (exact) mass is 367 g/mol. The number of ether oxygens (including phenoxy) is 1.